The summed E-state index contributed by atoms with van der Waals surface area (Å²) in [5.74, 6) is 0. The van der Waals surface area contributed by atoms with E-state index >= 15 is 0 Å². The summed E-state index contributed by atoms with van der Waals surface area (Å²) >= 11 is 5.23. The third-order valence-corrected chi connectivity index (χ3v) is 2.95. The Balaban J connectivity index is 1.89. The van der Waals surface area contributed by atoms with E-state index in [0.717, 1.165) is 29.7 Å². The Hall–Kier alpha value is -1.35. The van der Waals surface area contributed by atoms with Gasteiger partial charge in [-0.25, -0.2) is 0 Å². The van der Waals surface area contributed by atoms with Crippen molar-refractivity contribution in [2.45, 2.75) is 26.3 Å². The van der Waals surface area contributed by atoms with Crippen molar-refractivity contribution >= 4 is 12.2 Å². The molecule has 1 heterocycles. The number of aryl methyl sites for hydroxylation is 3. The third-order valence-electron chi connectivity index (χ3n) is 2.61. The van der Waals surface area contributed by atoms with E-state index in [-0.39, 0.29) is 0 Å². The van der Waals surface area contributed by atoms with E-state index in [2.05, 4.69) is 29.4 Å². The van der Waals surface area contributed by atoms with Gasteiger partial charge >= 0.3 is 0 Å². The van der Waals surface area contributed by atoms with Crippen LogP contribution >= 0.6 is 12.2 Å². The Morgan fingerprint density at radius 1 is 1.25 bits per heavy atom. The second-order valence-corrected chi connectivity index (χ2v) is 4.44. The average Bonchev–Trinajstić information content (AvgIpc) is 2.59. The van der Waals surface area contributed by atoms with Crippen molar-refractivity contribution < 1.29 is 0 Å². The number of benzene rings is 1. The van der Waals surface area contributed by atoms with Crippen LogP contribution in [-0.2, 0) is 13.0 Å². The lowest BCUT2D eigenvalue weighted by atomic mass is 10.1. The predicted octanol–water partition coefficient (Wildman–Crippen LogP) is 3.49. The van der Waals surface area contributed by atoms with Crippen molar-refractivity contribution in [3.05, 3.63) is 52.3 Å². The zero-order chi connectivity index (χ0) is 11.4. The molecule has 3 heteroatoms. The molecule has 0 unspecified atom stereocenters. The number of rotatable bonds is 4. The zero-order valence-electron chi connectivity index (χ0n) is 9.44. The number of aromatic amines is 1. The molecule has 0 aliphatic rings. The van der Waals surface area contributed by atoms with Crippen LogP contribution in [0.2, 0.25) is 0 Å². The van der Waals surface area contributed by atoms with Crippen LogP contribution in [0, 0.1) is 11.6 Å². The monoisotopic (exact) mass is 232 g/mol. The number of hydrogen-bond donors (Lipinski definition) is 1. The maximum atomic E-state index is 5.23. The molecule has 0 radical (unpaired) electrons. The van der Waals surface area contributed by atoms with Gasteiger partial charge in [0.2, 0.25) is 0 Å². The van der Waals surface area contributed by atoms with Gasteiger partial charge in [-0.2, -0.15) is 0 Å². The largest absolute Gasteiger partial charge is 0.302 e. The van der Waals surface area contributed by atoms with Crippen LogP contribution in [0.5, 0.6) is 0 Å². The van der Waals surface area contributed by atoms with E-state index in [4.69, 9.17) is 12.2 Å². The van der Waals surface area contributed by atoms with Gasteiger partial charge in [0.1, 0.15) is 4.64 Å². The van der Waals surface area contributed by atoms with Crippen molar-refractivity contribution in [3.8, 4) is 0 Å². The summed E-state index contributed by atoms with van der Waals surface area (Å²) in [5.41, 5.74) is 2.52. The fraction of sp³-hybridized carbons (Fsp3) is 0.308. The van der Waals surface area contributed by atoms with Gasteiger partial charge < -0.3 is 5.10 Å². The summed E-state index contributed by atoms with van der Waals surface area (Å²) in [6, 6.07) is 12.5. The summed E-state index contributed by atoms with van der Waals surface area (Å²) in [6.07, 6.45) is 2.21. The van der Waals surface area contributed by atoms with Crippen LogP contribution in [0.4, 0.5) is 0 Å². The first-order chi connectivity index (χ1) is 7.75. The van der Waals surface area contributed by atoms with Gasteiger partial charge in [0.05, 0.1) is 0 Å². The molecule has 1 aromatic carbocycles. The molecule has 0 spiro atoms. The van der Waals surface area contributed by atoms with Crippen LogP contribution < -0.4 is 0 Å². The first-order valence-electron chi connectivity index (χ1n) is 5.56. The predicted molar refractivity (Wildman–Crippen MR) is 69.1 cm³/mol. The molecule has 0 saturated carbocycles. The van der Waals surface area contributed by atoms with E-state index in [1.54, 1.807) is 0 Å². The normalized spacial score (nSPS) is 10.6. The second-order valence-electron chi connectivity index (χ2n) is 4.02. The highest BCUT2D eigenvalue weighted by atomic mass is 32.1. The highest BCUT2D eigenvalue weighted by Gasteiger charge is 1.97. The molecule has 0 aliphatic carbocycles. The summed E-state index contributed by atoms with van der Waals surface area (Å²) < 4.78 is 2.93. The third kappa shape index (κ3) is 2.83. The minimum absolute atomic E-state index is 0.894. The first kappa shape index (κ1) is 11.1. The maximum Gasteiger partial charge on any atom is 0.122 e. The molecular weight excluding hydrogens is 216 g/mol. The molecule has 2 aromatic rings. The van der Waals surface area contributed by atoms with Crippen molar-refractivity contribution in [1.82, 2.24) is 9.78 Å². The van der Waals surface area contributed by atoms with E-state index < -0.39 is 0 Å². The van der Waals surface area contributed by atoms with Crippen molar-refractivity contribution in [1.29, 1.82) is 0 Å². The van der Waals surface area contributed by atoms with Gasteiger partial charge in [-0.1, -0.05) is 42.5 Å². The van der Waals surface area contributed by atoms with Gasteiger partial charge in [0, 0.05) is 12.2 Å². The van der Waals surface area contributed by atoms with E-state index in [9.17, 15) is 0 Å². The molecule has 0 amide bonds. The minimum atomic E-state index is 0.894. The SMILES string of the molecule is Cc1cc(=S)n(CCCc2ccccc2)[nH]1. The van der Waals surface area contributed by atoms with Crippen molar-refractivity contribution in [3.63, 3.8) is 0 Å². The fourth-order valence-corrected chi connectivity index (χ4v) is 2.13. The van der Waals surface area contributed by atoms with Crippen molar-refractivity contribution in [2.24, 2.45) is 0 Å². The highest BCUT2D eigenvalue weighted by Crippen LogP contribution is 2.05. The van der Waals surface area contributed by atoms with E-state index in [1.165, 1.54) is 5.56 Å². The molecule has 0 bridgehead atoms. The Morgan fingerprint density at radius 3 is 2.62 bits per heavy atom. The van der Waals surface area contributed by atoms with Crippen molar-refractivity contribution in [2.75, 3.05) is 0 Å². The van der Waals surface area contributed by atoms with Gasteiger partial charge in [0.15, 0.2) is 0 Å². The topological polar surface area (TPSA) is 20.7 Å². The second kappa shape index (κ2) is 5.12. The quantitative estimate of drug-likeness (QED) is 0.800. The van der Waals surface area contributed by atoms with E-state index in [1.807, 2.05) is 23.7 Å². The number of nitrogens with zero attached hydrogens (tertiary/aromatic N) is 1. The lowest BCUT2D eigenvalue weighted by molar-refractivity contribution is 0.569. The number of nitrogens with one attached hydrogen (secondary N) is 1. The molecule has 84 valence electrons. The smallest absolute Gasteiger partial charge is 0.122 e. The first-order valence-corrected chi connectivity index (χ1v) is 5.97. The lowest BCUT2D eigenvalue weighted by Crippen LogP contribution is -2.01. The summed E-state index contributed by atoms with van der Waals surface area (Å²) in [4.78, 5) is 0. The Bertz CT molecular complexity index is 496. The van der Waals surface area contributed by atoms with Crippen LogP contribution in [0.25, 0.3) is 0 Å². The summed E-state index contributed by atoms with van der Waals surface area (Å²) in [7, 11) is 0. The molecular formula is C13H16N2S. The molecule has 0 fully saturated rings. The zero-order valence-corrected chi connectivity index (χ0v) is 10.3. The van der Waals surface area contributed by atoms with Gasteiger partial charge in [-0.15, -0.1) is 0 Å². The van der Waals surface area contributed by atoms with Gasteiger partial charge in [0.25, 0.3) is 0 Å². The molecule has 0 aliphatic heterocycles. The fourth-order valence-electron chi connectivity index (χ4n) is 1.82. The molecule has 1 aromatic heterocycles. The average molecular weight is 232 g/mol. The number of aromatic nitrogens is 2. The van der Waals surface area contributed by atoms with Crippen LogP contribution in [0.1, 0.15) is 17.7 Å². The minimum Gasteiger partial charge on any atom is -0.302 e. The number of hydrogen-bond acceptors (Lipinski definition) is 1. The molecule has 16 heavy (non-hydrogen) atoms. The maximum absolute atomic E-state index is 5.23. The molecule has 1 N–H and O–H groups in total. The molecule has 0 saturated heterocycles. The number of H-pyrrole nitrogens is 1. The molecule has 0 atom stereocenters. The summed E-state index contributed by atoms with van der Waals surface area (Å²) in [5, 5.41) is 3.24. The van der Waals surface area contributed by atoms with E-state index in [0.29, 0.717) is 0 Å². The van der Waals surface area contributed by atoms with Crippen LogP contribution in [0.15, 0.2) is 36.4 Å². The van der Waals surface area contributed by atoms with Gasteiger partial charge in [-0.05, 0) is 31.4 Å². The van der Waals surface area contributed by atoms with Gasteiger partial charge in [-0.3, -0.25) is 4.68 Å². The highest BCUT2D eigenvalue weighted by molar-refractivity contribution is 7.71. The Kier molecular flexibility index (Phi) is 3.57. The Morgan fingerprint density at radius 2 is 2.00 bits per heavy atom. The standard InChI is InChI=1S/C13H16N2S/c1-11-10-13(16)15(14-11)9-5-8-12-6-3-2-4-7-12/h2-4,6-7,10,14H,5,8-9H2,1H3. The van der Waals surface area contributed by atoms with Crippen LogP contribution in [0.3, 0.4) is 0 Å². The summed E-state index contributed by atoms with van der Waals surface area (Å²) in [6.45, 7) is 2.99. The Labute approximate surface area is 101 Å². The molecule has 2 nitrogen and oxygen atoms in total. The molecule has 2 rings (SSSR count). The lowest BCUT2D eigenvalue weighted by Gasteiger charge is -2.03. The van der Waals surface area contributed by atoms with Crippen LogP contribution in [-0.4, -0.2) is 9.78 Å².